The van der Waals surface area contributed by atoms with Crippen LogP contribution in [0.3, 0.4) is 0 Å². The van der Waals surface area contributed by atoms with Gasteiger partial charge < -0.3 is 29.9 Å². The lowest BCUT2D eigenvalue weighted by molar-refractivity contribution is -0.335. The number of thiocarbonyl (C=S) groups is 1. The molecule has 0 radical (unpaired) electrons. The molecule has 4 aliphatic rings. The van der Waals surface area contributed by atoms with Crippen molar-refractivity contribution < 1.29 is 39.5 Å². The first-order chi connectivity index (χ1) is 15.6. The molecule has 8 nitrogen and oxygen atoms in total. The maximum atomic E-state index is 14.3. The summed E-state index contributed by atoms with van der Waals surface area (Å²) in [5, 5.41) is 46.6. The second kappa shape index (κ2) is 8.06. The molecule has 34 heavy (non-hydrogen) atoms. The fourth-order valence-corrected chi connectivity index (χ4v) is 8.16. The van der Waals surface area contributed by atoms with Gasteiger partial charge in [-0.3, -0.25) is 9.59 Å². The number of rotatable bonds is 2. The minimum absolute atomic E-state index is 0.113. The zero-order chi connectivity index (χ0) is 25.6. The number of esters is 1. The molecule has 9 atom stereocenters. The predicted octanol–water partition coefficient (Wildman–Crippen LogP) is 1.16. The Balaban J connectivity index is 2.09. The van der Waals surface area contributed by atoms with Crippen LogP contribution in [0.4, 0.5) is 0 Å². The summed E-state index contributed by atoms with van der Waals surface area (Å²) >= 11 is 6.95. The van der Waals surface area contributed by atoms with Crippen molar-refractivity contribution in [3.63, 3.8) is 0 Å². The molecule has 4 N–H and O–H groups in total. The van der Waals surface area contributed by atoms with Crippen molar-refractivity contribution in [2.45, 2.75) is 83.1 Å². The number of Topliss-reactive ketones (excluding diaryl/α,β-unsaturated/α-hetero) is 1. The van der Waals surface area contributed by atoms with Crippen molar-refractivity contribution in [3.8, 4) is 0 Å². The van der Waals surface area contributed by atoms with Crippen molar-refractivity contribution in [3.05, 3.63) is 11.1 Å². The molecule has 0 aromatic carbocycles. The highest BCUT2D eigenvalue weighted by Gasteiger charge is 2.76. The highest BCUT2D eigenvalue weighted by Crippen LogP contribution is 2.64. The van der Waals surface area contributed by atoms with Gasteiger partial charge >= 0.3 is 5.97 Å². The quantitative estimate of drug-likeness (QED) is 0.242. The monoisotopic (exact) mass is 514 g/mol. The molecule has 1 aliphatic heterocycles. The van der Waals surface area contributed by atoms with Crippen molar-refractivity contribution in [1.29, 1.82) is 0 Å². The minimum Gasteiger partial charge on any atom is -0.459 e. The van der Waals surface area contributed by atoms with E-state index in [4.69, 9.17) is 21.7 Å². The molecule has 0 aromatic rings. The average Bonchev–Trinajstić information content (AvgIpc) is 2.73. The summed E-state index contributed by atoms with van der Waals surface area (Å²) in [5.41, 5.74) is -5.63. The number of ether oxygens (including phenoxy) is 2. The summed E-state index contributed by atoms with van der Waals surface area (Å²) in [7, 11) is 0. The van der Waals surface area contributed by atoms with Gasteiger partial charge in [-0.2, -0.15) is 0 Å². The van der Waals surface area contributed by atoms with Gasteiger partial charge in [-0.05, 0) is 30.7 Å². The van der Waals surface area contributed by atoms with Gasteiger partial charge in [0.15, 0.2) is 5.78 Å². The van der Waals surface area contributed by atoms with E-state index in [9.17, 15) is 30.0 Å². The molecule has 3 fully saturated rings. The first kappa shape index (κ1) is 26.2. The molecule has 3 aliphatic carbocycles. The number of fused-ring (bicyclic) bond motifs is 5. The Morgan fingerprint density at radius 2 is 1.85 bits per heavy atom. The van der Waals surface area contributed by atoms with E-state index in [1.807, 2.05) is 0 Å². The Hall–Kier alpha value is -0.880. The van der Waals surface area contributed by atoms with Crippen molar-refractivity contribution >= 4 is 39.9 Å². The summed E-state index contributed by atoms with van der Waals surface area (Å²) in [6.45, 7) is 7.70. The number of hydrogen-bond acceptors (Lipinski definition) is 10. The van der Waals surface area contributed by atoms with E-state index in [1.165, 1.54) is 18.7 Å². The van der Waals surface area contributed by atoms with Gasteiger partial charge in [-0.1, -0.05) is 33.0 Å². The molecule has 0 spiro atoms. The molecular formula is C24H34O8S2. The Morgan fingerprint density at radius 3 is 2.35 bits per heavy atom. The molecule has 0 amide bonds. The molecule has 2 bridgehead atoms. The number of hydrogen-bond donors (Lipinski definition) is 4. The summed E-state index contributed by atoms with van der Waals surface area (Å²) in [5.74, 6) is -2.99. The van der Waals surface area contributed by atoms with E-state index in [2.05, 4.69) is 0 Å². The van der Waals surface area contributed by atoms with Gasteiger partial charge in [0.05, 0.1) is 23.0 Å². The van der Waals surface area contributed by atoms with Gasteiger partial charge in [-0.15, -0.1) is 11.8 Å². The van der Waals surface area contributed by atoms with E-state index >= 15 is 0 Å². The van der Waals surface area contributed by atoms with E-state index in [-0.39, 0.29) is 25.0 Å². The summed E-state index contributed by atoms with van der Waals surface area (Å²) in [6.07, 6.45) is -3.01. The zero-order valence-corrected chi connectivity index (χ0v) is 22.0. The fourth-order valence-electron chi connectivity index (χ4n) is 7.20. The number of carbonyl (C=O) groups excluding carboxylic acids is 2. The average molecular weight is 515 g/mol. The summed E-state index contributed by atoms with van der Waals surface area (Å²) < 4.78 is 12.0. The van der Waals surface area contributed by atoms with Gasteiger partial charge in [0, 0.05) is 36.0 Å². The number of thioether (sulfide) groups is 1. The van der Waals surface area contributed by atoms with Crippen molar-refractivity contribution in [1.82, 2.24) is 0 Å². The molecular weight excluding hydrogens is 480 g/mol. The maximum Gasteiger partial charge on any atom is 0.303 e. The van der Waals surface area contributed by atoms with Gasteiger partial charge in [0.25, 0.3) is 0 Å². The predicted molar refractivity (Wildman–Crippen MR) is 129 cm³/mol. The lowest BCUT2D eigenvalue weighted by Gasteiger charge is -2.67. The van der Waals surface area contributed by atoms with Crippen LogP contribution in [0.25, 0.3) is 0 Å². The summed E-state index contributed by atoms with van der Waals surface area (Å²) in [4.78, 5) is 26.7. The molecule has 4 rings (SSSR count). The first-order valence-electron chi connectivity index (χ1n) is 11.5. The maximum absolute atomic E-state index is 14.3. The van der Waals surface area contributed by atoms with E-state index in [0.717, 1.165) is 0 Å². The Morgan fingerprint density at radius 1 is 1.24 bits per heavy atom. The number of aliphatic hydroxyl groups is 4. The molecule has 190 valence electrons. The first-order valence-corrected chi connectivity index (χ1v) is 13.1. The van der Waals surface area contributed by atoms with Crippen LogP contribution in [-0.2, 0) is 19.1 Å². The lowest BCUT2D eigenvalue weighted by Crippen LogP contribution is -2.80. The van der Waals surface area contributed by atoms with Crippen molar-refractivity contribution in [2.75, 3.05) is 12.9 Å². The summed E-state index contributed by atoms with van der Waals surface area (Å²) in [6, 6.07) is 0. The SMILES string of the molecule is CSC(=S)[C@H]1C[C@H]2OC[C@@]2(O)[C@H]2[C@H](OC(C)=O)[C@]3(O)C[C@H](O)C(C)=C([C@@H](O)C(=O)[C@]12C)C3(C)C. The third kappa shape index (κ3) is 3.12. The third-order valence-electron chi connectivity index (χ3n) is 9.22. The van der Waals surface area contributed by atoms with Crippen LogP contribution in [0.1, 0.15) is 47.5 Å². The topological polar surface area (TPSA) is 134 Å². The molecule has 0 unspecified atom stereocenters. The van der Waals surface area contributed by atoms with Crippen LogP contribution in [0.15, 0.2) is 11.1 Å². The van der Waals surface area contributed by atoms with Crippen LogP contribution in [-0.4, -0.2) is 84.9 Å². The third-order valence-corrected chi connectivity index (χ3v) is 10.7. The van der Waals surface area contributed by atoms with Crippen LogP contribution >= 0.6 is 24.0 Å². The Kier molecular flexibility index (Phi) is 6.21. The van der Waals surface area contributed by atoms with Gasteiger partial charge in [-0.25, -0.2) is 0 Å². The second-order valence-electron chi connectivity index (χ2n) is 11.0. The molecule has 10 heteroatoms. The minimum atomic E-state index is -1.90. The second-order valence-corrected chi connectivity index (χ2v) is 12.6. The van der Waals surface area contributed by atoms with E-state index in [1.54, 1.807) is 34.0 Å². The standard InChI is InChI=1S/C24H34O8S2/c1-10-13(26)8-24(30)19(32-11(2)25)17-22(5,18(28)16(27)15(10)21(24,3)4)12(20(33)34-6)7-14-23(17,29)9-31-14/h12-14,16-17,19,26-27,29-30H,7-9H2,1-6H3/t12-,13+,14-,16-,17+,19+,22-,23+,24-/m1/s1. The van der Waals surface area contributed by atoms with E-state index in [0.29, 0.717) is 9.77 Å². The molecule has 2 saturated carbocycles. The highest BCUT2D eigenvalue weighted by atomic mass is 32.2. The largest absolute Gasteiger partial charge is 0.459 e. The van der Waals surface area contributed by atoms with Gasteiger partial charge in [0.1, 0.15) is 23.4 Å². The number of ketones is 1. The molecule has 0 aromatic heterocycles. The van der Waals surface area contributed by atoms with Crippen LogP contribution in [0, 0.1) is 22.7 Å². The molecule has 1 saturated heterocycles. The number of aliphatic hydroxyl groups excluding tert-OH is 2. The molecule has 1 heterocycles. The van der Waals surface area contributed by atoms with E-state index < -0.39 is 70.0 Å². The van der Waals surface area contributed by atoms with Crippen LogP contribution in [0.2, 0.25) is 0 Å². The smallest absolute Gasteiger partial charge is 0.303 e. The van der Waals surface area contributed by atoms with Crippen LogP contribution < -0.4 is 0 Å². The van der Waals surface area contributed by atoms with Crippen molar-refractivity contribution in [2.24, 2.45) is 22.7 Å². The zero-order valence-electron chi connectivity index (χ0n) is 20.3. The fraction of sp³-hybridized carbons (Fsp3) is 0.792. The number of carbonyl (C=O) groups is 2. The van der Waals surface area contributed by atoms with Gasteiger partial charge in [0.2, 0.25) is 0 Å². The van der Waals surface area contributed by atoms with Crippen LogP contribution in [0.5, 0.6) is 0 Å². The normalized spacial score (nSPS) is 47.5. The lowest BCUT2D eigenvalue weighted by atomic mass is 9.43. The Labute approximate surface area is 209 Å². The highest BCUT2D eigenvalue weighted by molar-refractivity contribution is 8.22. The Bertz CT molecular complexity index is 978.